The third-order valence-corrected chi connectivity index (χ3v) is 4.53. The van der Waals surface area contributed by atoms with Crippen LogP contribution in [0.1, 0.15) is 35.2 Å². The van der Waals surface area contributed by atoms with Crippen LogP contribution in [0.3, 0.4) is 0 Å². The summed E-state index contributed by atoms with van der Waals surface area (Å²) in [7, 11) is 0. The molecule has 0 radical (unpaired) electrons. The van der Waals surface area contributed by atoms with E-state index in [9.17, 15) is 4.79 Å². The highest BCUT2D eigenvalue weighted by Crippen LogP contribution is 2.18. The molecule has 1 heterocycles. The molecule has 0 saturated heterocycles. The number of carbonyl (C=O) groups is 1. The van der Waals surface area contributed by atoms with Gasteiger partial charge in [-0.3, -0.25) is 4.79 Å². The molecule has 0 spiro atoms. The highest BCUT2D eigenvalue weighted by atomic mass is 16.2. The molecular weight excluding hydrogens is 326 g/mol. The van der Waals surface area contributed by atoms with E-state index in [0.29, 0.717) is 5.82 Å². The lowest BCUT2D eigenvalue weighted by molar-refractivity contribution is -0.122. The van der Waals surface area contributed by atoms with E-state index in [-0.39, 0.29) is 18.5 Å². The molecule has 3 aromatic rings. The fourth-order valence-corrected chi connectivity index (χ4v) is 2.77. The normalized spacial score (nSPS) is 12.0. The minimum atomic E-state index is -0.149. The molecule has 1 N–H and O–H groups in total. The van der Waals surface area contributed by atoms with Gasteiger partial charge in [0.1, 0.15) is 6.54 Å². The molecule has 0 aliphatic heterocycles. The van der Waals surface area contributed by atoms with Gasteiger partial charge in [-0.15, -0.1) is 10.2 Å². The summed E-state index contributed by atoms with van der Waals surface area (Å²) in [6, 6.07) is 14.0. The lowest BCUT2D eigenvalue weighted by Crippen LogP contribution is -2.30. The number of tetrazole rings is 1. The van der Waals surface area contributed by atoms with Crippen molar-refractivity contribution in [1.29, 1.82) is 0 Å². The van der Waals surface area contributed by atoms with E-state index in [2.05, 4.69) is 46.7 Å². The van der Waals surface area contributed by atoms with Crippen LogP contribution in [0.15, 0.2) is 42.5 Å². The fourth-order valence-electron chi connectivity index (χ4n) is 2.77. The van der Waals surface area contributed by atoms with Crippen LogP contribution in [-0.2, 0) is 11.3 Å². The monoisotopic (exact) mass is 349 g/mol. The molecule has 0 aliphatic rings. The van der Waals surface area contributed by atoms with Gasteiger partial charge in [0, 0.05) is 5.56 Å². The Hall–Kier alpha value is -3.02. The third-order valence-electron chi connectivity index (χ3n) is 4.53. The second-order valence-electron chi connectivity index (χ2n) is 6.59. The molecule has 1 amide bonds. The van der Waals surface area contributed by atoms with Gasteiger partial charge in [-0.05, 0) is 55.2 Å². The minimum absolute atomic E-state index is 0.0358. The Balaban J connectivity index is 1.65. The van der Waals surface area contributed by atoms with Crippen LogP contribution in [0.4, 0.5) is 0 Å². The van der Waals surface area contributed by atoms with Crippen LogP contribution >= 0.6 is 0 Å². The third kappa shape index (κ3) is 3.96. The van der Waals surface area contributed by atoms with Crippen molar-refractivity contribution in [2.75, 3.05) is 0 Å². The maximum Gasteiger partial charge on any atom is 0.244 e. The van der Waals surface area contributed by atoms with E-state index in [1.54, 1.807) is 0 Å². The van der Waals surface area contributed by atoms with Gasteiger partial charge in [0.15, 0.2) is 0 Å². The van der Waals surface area contributed by atoms with Gasteiger partial charge in [-0.2, -0.15) is 4.80 Å². The zero-order chi connectivity index (χ0) is 18.7. The van der Waals surface area contributed by atoms with E-state index < -0.39 is 0 Å². The first-order valence-corrected chi connectivity index (χ1v) is 8.64. The lowest BCUT2D eigenvalue weighted by atomic mass is 10.0. The van der Waals surface area contributed by atoms with E-state index in [1.807, 2.05) is 44.2 Å². The van der Waals surface area contributed by atoms with Gasteiger partial charge >= 0.3 is 0 Å². The maximum atomic E-state index is 12.3. The SMILES string of the molecule is Cc1ccc([C@H](C)NC(=O)Cn2nnc(-c3ccccc3C)n2)cc1C. The van der Waals surface area contributed by atoms with Crippen LogP contribution in [0.25, 0.3) is 11.4 Å². The zero-order valence-corrected chi connectivity index (χ0v) is 15.5. The number of amides is 1. The van der Waals surface area contributed by atoms with Gasteiger partial charge in [0.25, 0.3) is 0 Å². The van der Waals surface area contributed by atoms with Crippen molar-refractivity contribution >= 4 is 5.91 Å². The fraction of sp³-hybridized carbons (Fsp3) is 0.300. The van der Waals surface area contributed by atoms with Crippen molar-refractivity contribution in [3.63, 3.8) is 0 Å². The van der Waals surface area contributed by atoms with Crippen LogP contribution in [-0.4, -0.2) is 26.1 Å². The predicted molar refractivity (Wildman–Crippen MR) is 100 cm³/mol. The van der Waals surface area contributed by atoms with Gasteiger partial charge in [-0.25, -0.2) is 0 Å². The standard InChI is InChI=1S/C20H23N5O/c1-13-9-10-17(11-15(13)3)16(4)21-19(26)12-25-23-20(22-24-25)18-8-6-5-7-14(18)2/h5-11,16H,12H2,1-4H3,(H,21,26)/t16-/m0/s1. The molecule has 26 heavy (non-hydrogen) atoms. The molecule has 6 heteroatoms. The van der Waals surface area contributed by atoms with Crippen LogP contribution in [0, 0.1) is 20.8 Å². The predicted octanol–water partition coefficient (Wildman–Crippen LogP) is 3.14. The summed E-state index contributed by atoms with van der Waals surface area (Å²) >= 11 is 0. The number of hydrogen-bond donors (Lipinski definition) is 1. The number of hydrogen-bond acceptors (Lipinski definition) is 4. The first-order chi connectivity index (χ1) is 12.4. The molecule has 3 rings (SSSR count). The van der Waals surface area contributed by atoms with E-state index >= 15 is 0 Å². The van der Waals surface area contributed by atoms with Crippen molar-refractivity contribution in [2.45, 2.75) is 40.3 Å². The minimum Gasteiger partial charge on any atom is -0.348 e. The molecule has 6 nitrogen and oxygen atoms in total. The molecule has 0 aliphatic carbocycles. The van der Waals surface area contributed by atoms with E-state index in [1.165, 1.54) is 15.9 Å². The van der Waals surface area contributed by atoms with Crippen LogP contribution < -0.4 is 5.32 Å². The molecule has 0 fully saturated rings. The summed E-state index contributed by atoms with van der Waals surface area (Å²) in [4.78, 5) is 13.6. The summed E-state index contributed by atoms with van der Waals surface area (Å²) in [6.45, 7) is 8.14. The van der Waals surface area contributed by atoms with E-state index in [4.69, 9.17) is 0 Å². The quantitative estimate of drug-likeness (QED) is 0.768. The smallest absolute Gasteiger partial charge is 0.244 e. The molecule has 0 bridgehead atoms. The first kappa shape index (κ1) is 17.8. The van der Waals surface area contributed by atoms with Crippen molar-refractivity contribution in [2.24, 2.45) is 0 Å². The lowest BCUT2D eigenvalue weighted by Gasteiger charge is -2.15. The Morgan fingerprint density at radius 1 is 1.08 bits per heavy atom. The first-order valence-electron chi connectivity index (χ1n) is 8.64. The topological polar surface area (TPSA) is 72.7 Å². The highest BCUT2D eigenvalue weighted by Gasteiger charge is 2.14. The van der Waals surface area contributed by atoms with Crippen molar-refractivity contribution < 1.29 is 4.79 Å². The maximum absolute atomic E-state index is 12.3. The highest BCUT2D eigenvalue weighted by molar-refractivity contribution is 5.76. The molecule has 0 saturated carbocycles. The molecule has 1 aromatic heterocycles. The van der Waals surface area contributed by atoms with Gasteiger partial charge in [0.05, 0.1) is 6.04 Å². The Bertz CT molecular complexity index is 931. The largest absolute Gasteiger partial charge is 0.348 e. The average molecular weight is 349 g/mol. The second kappa shape index (κ2) is 7.47. The number of rotatable bonds is 5. The summed E-state index contributed by atoms with van der Waals surface area (Å²) in [5.41, 5.74) is 5.52. The summed E-state index contributed by atoms with van der Waals surface area (Å²) < 4.78 is 0. The van der Waals surface area contributed by atoms with Crippen molar-refractivity contribution in [1.82, 2.24) is 25.5 Å². The van der Waals surface area contributed by atoms with Crippen molar-refractivity contribution in [3.8, 4) is 11.4 Å². The van der Waals surface area contributed by atoms with Crippen LogP contribution in [0.5, 0.6) is 0 Å². The number of aromatic nitrogens is 4. The van der Waals surface area contributed by atoms with Gasteiger partial charge in [-0.1, -0.05) is 42.5 Å². The second-order valence-corrected chi connectivity index (χ2v) is 6.59. The Kier molecular flexibility index (Phi) is 5.11. The average Bonchev–Trinajstić information content (AvgIpc) is 3.05. The molecule has 1 atom stereocenters. The number of nitrogens with one attached hydrogen (secondary N) is 1. The van der Waals surface area contributed by atoms with Crippen LogP contribution in [0.2, 0.25) is 0 Å². The molecule has 0 unspecified atom stereocenters. The number of aryl methyl sites for hydroxylation is 3. The Morgan fingerprint density at radius 3 is 2.58 bits per heavy atom. The summed E-state index contributed by atoms with van der Waals surface area (Å²) in [6.07, 6.45) is 0. The number of carbonyl (C=O) groups excluding carboxylic acids is 1. The zero-order valence-electron chi connectivity index (χ0n) is 15.5. The van der Waals surface area contributed by atoms with Crippen molar-refractivity contribution in [3.05, 3.63) is 64.7 Å². The molecular formula is C20H23N5O. The number of benzene rings is 2. The number of nitrogens with zero attached hydrogens (tertiary/aromatic N) is 4. The van der Waals surface area contributed by atoms with E-state index in [0.717, 1.165) is 16.7 Å². The Labute approximate surface area is 153 Å². The van der Waals surface area contributed by atoms with Gasteiger partial charge in [0.2, 0.25) is 11.7 Å². The summed E-state index contributed by atoms with van der Waals surface area (Å²) in [5, 5.41) is 15.4. The summed E-state index contributed by atoms with van der Waals surface area (Å²) in [5.74, 6) is 0.377. The van der Waals surface area contributed by atoms with Gasteiger partial charge < -0.3 is 5.32 Å². The molecule has 134 valence electrons. The Morgan fingerprint density at radius 2 is 1.85 bits per heavy atom. The molecule has 2 aromatic carbocycles.